The summed E-state index contributed by atoms with van der Waals surface area (Å²) >= 11 is 0. The van der Waals surface area contributed by atoms with Crippen molar-refractivity contribution in [3.63, 3.8) is 0 Å². The van der Waals surface area contributed by atoms with Crippen molar-refractivity contribution in [1.29, 1.82) is 5.26 Å². The number of hydrogen-bond acceptors (Lipinski definition) is 6. The summed E-state index contributed by atoms with van der Waals surface area (Å²) in [5.74, 6) is 0.354. The number of sulfonamides is 1. The maximum atomic E-state index is 11.9. The van der Waals surface area contributed by atoms with Crippen LogP contribution in [0, 0.1) is 11.3 Å². The number of hydrogen-bond donors (Lipinski definition) is 1. The fourth-order valence-electron chi connectivity index (χ4n) is 2.00. The molecule has 7 nitrogen and oxygen atoms in total. The number of carbonyl (C=O) groups is 1. The predicted octanol–water partition coefficient (Wildman–Crippen LogP) is 2.44. The van der Waals surface area contributed by atoms with Crippen molar-refractivity contribution in [3.8, 4) is 23.3 Å². The molecule has 0 spiro atoms. The van der Waals surface area contributed by atoms with Crippen LogP contribution < -0.4 is 14.2 Å². The third kappa shape index (κ3) is 4.96. The third-order valence-electron chi connectivity index (χ3n) is 3.01. The molecule has 130 valence electrons. The fraction of sp³-hybridized carbons (Fsp3) is 0.176. The van der Waals surface area contributed by atoms with Crippen LogP contribution in [0.5, 0.6) is 17.2 Å². The molecule has 25 heavy (non-hydrogen) atoms. The Bertz CT molecular complexity index is 932. The molecule has 2 aromatic carbocycles. The minimum atomic E-state index is -3.69. The summed E-state index contributed by atoms with van der Waals surface area (Å²) in [5.41, 5.74) is 0.125. The van der Waals surface area contributed by atoms with Crippen LogP contribution in [0.1, 0.15) is 22.8 Å². The van der Waals surface area contributed by atoms with Gasteiger partial charge in [-0.25, -0.2) is 13.1 Å². The first-order valence-electron chi connectivity index (χ1n) is 7.30. The van der Waals surface area contributed by atoms with Crippen LogP contribution in [0.25, 0.3) is 0 Å². The van der Waals surface area contributed by atoms with Gasteiger partial charge in [-0.15, -0.1) is 0 Å². The number of benzene rings is 2. The SMILES string of the molecule is CCOc1ccccc1Oc1ccc(C(=O)NS(C)(=O)=O)cc1C#N. The van der Waals surface area contributed by atoms with Crippen molar-refractivity contribution >= 4 is 15.9 Å². The van der Waals surface area contributed by atoms with E-state index < -0.39 is 15.9 Å². The van der Waals surface area contributed by atoms with E-state index in [0.29, 0.717) is 18.1 Å². The normalized spacial score (nSPS) is 10.6. The highest BCUT2D eigenvalue weighted by Crippen LogP contribution is 2.33. The van der Waals surface area contributed by atoms with Gasteiger partial charge in [0.2, 0.25) is 10.0 Å². The van der Waals surface area contributed by atoms with E-state index in [9.17, 15) is 18.5 Å². The number of carbonyl (C=O) groups excluding carboxylic acids is 1. The second-order valence-electron chi connectivity index (χ2n) is 5.01. The minimum absolute atomic E-state index is 0.0346. The smallest absolute Gasteiger partial charge is 0.264 e. The molecule has 0 aliphatic heterocycles. The number of rotatable bonds is 6. The van der Waals surface area contributed by atoms with Gasteiger partial charge in [-0.3, -0.25) is 4.79 Å². The largest absolute Gasteiger partial charge is 0.490 e. The number of amides is 1. The van der Waals surface area contributed by atoms with Gasteiger partial charge in [-0.2, -0.15) is 5.26 Å². The van der Waals surface area contributed by atoms with Crippen LogP contribution in [0.2, 0.25) is 0 Å². The molecule has 2 aromatic rings. The number of nitrogens with one attached hydrogen (secondary N) is 1. The van der Waals surface area contributed by atoms with Crippen LogP contribution in [0.15, 0.2) is 42.5 Å². The molecule has 8 heteroatoms. The van der Waals surface area contributed by atoms with Gasteiger partial charge in [0.15, 0.2) is 11.5 Å². The Balaban J connectivity index is 2.32. The number of nitriles is 1. The molecular weight excluding hydrogens is 344 g/mol. The predicted molar refractivity (Wildman–Crippen MR) is 91.2 cm³/mol. The average molecular weight is 360 g/mol. The van der Waals surface area contributed by atoms with E-state index in [1.54, 1.807) is 24.3 Å². The average Bonchev–Trinajstić information content (AvgIpc) is 2.55. The Morgan fingerprint density at radius 2 is 1.84 bits per heavy atom. The first kappa shape index (κ1) is 18.3. The molecule has 0 aliphatic carbocycles. The molecule has 0 aromatic heterocycles. The summed E-state index contributed by atoms with van der Waals surface area (Å²) in [4.78, 5) is 11.9. The van der Waals surface area contributed by atoms with Gasteiger partial charge in [0.1, 0.15) is 11.8 Å². The van der Waals surface area contributed by atoms with Crippen molar-refractivity contribution in [1.82, 2.24) is 4.72 Å². The molecule has 0 saturated heterocycles. The molecule has 0 saturated carbocycles. The highest BCUT2D eigenvalue weighted by atomic mass is 32.2. The van der Waals surface area contributed by atoms with Gasteiger partial charge >= 0.3 is 0 Å². The number of para-hydroxylation sites is 2. The van der Waals surface area contributed by atoms with Crippen molar-refractivity contribution in [2.24, 2.45) is 0 Å². The van der Waals surface area contributed by atoms with Crippen molar-refractivity contribution < 1.29 is 22.7 Å². The Morgan fingerprint density at radius 3 is 2.44 bits per heavy atom. The molecule has 0 fully saturated rings. The minimum Gasteiger partial charge on any atom is -0.490 e. The molecule has 0 unspecified atom stereocenters. The molecule has 2 rings (SSSR count). The standard InChI is InChI=1S/C17H16N2O5S/c1-3-23-15-6-4-5-7-16(15)24-14-9-8-12(10-13(14)11-18)17(20)19-25(2,21)22/h4-10H,3H2,1-2H3,(H,19,20). The molecule has 1 N–H and O–H groups in total. The Hall–Kier alpha value is -3.05. The Labute approximate surface area is 145 Å². The van der Waals surface area contributed by atoms with E-state index in [0.717, 1.165) is 6.26 Å². The van der Waals surface area contributed by atoms with Crippen LogP contribution in [-0.4, -0.2) is 27.2 Å². The highest BCUT2D eigenvalue weighted by Gasteiger charge is 2.15. The van der Waals surface area contributed by atoms with Gasteiger partial charge in [-0.05, 0) is 37.3 Å². The van der Waals surface area contributed by atoms with E-state index in [4.69, 9.17) is 9.47 Å². The Kier molecular flexibility index (Phi) is 5.62. The van der Waals surface area contributed by atoms with Gasteiger partial charge in [0.05, 0.1) is 18.4 Å². The number of nitrogens with zero attached hydrogens (tertiary/aromatic N) is 1. The van der Waals surface area contributed by atoms with Gasteiger partial charge < -0.3 is 9.47 Å². The monoisotopic (exact) mass is 360 g/mol. The molecule has 0 aliphatic rings. The fourth-order valence-corrected chi connectivity index (χ4v) is 2.46. The summed E-state index contributed by atoms with van der Waals surface area (Å²) in [7, 11) is -3.69. The molecule has 0 atom stereocenters. The second kappa shape index (κ2) is 7.68. The first-order valence-corrected chi connectivity index (χ1v) is 9.19. The second-order valence-corrected chi connectivity index (χ2v) is 6.76. The molecule has 0 bridgehead atoms. The van der Waals surface area contributed by atoms with Crippen molar-refractivity contribution in [2.45, 2.75) is 6.92 Å². The number of ether oxygens (including phenoxy) is 2. The van der Waals surface area contributed by atoms with Crippen LogP contribution in [0.3, 0.4) is 0 Å². The molecular formula is C17H16N2O5S. The van der Waals surface area contributed by atoms with E-state index in [2.05, 4.69) is 0 Å². The van der Waals surface area contributed by atoms with Crippen LogP contribution in [-0.2, 0) is 10.0 Å². The van der Waals surface area contributed by atoms with E-state index >= 15 is 0 Å². The molecule has 0 heterocycles. The van der Waals surface area contributed by atoms with Crippen molar-refractivity contribution in [2.75, 3.05) is 12.9 Å². The van der Waals surface area contributed by atoms with Gasteiger partial charge in [0.25, 0.3) is 5.91 Å². The molecule has 1 amide bonds. The third-order valence-corrected chi connectivity index (χ3v) is 3.57. The van der Waals surface area contributed by atoms with Crippen LogP contribution >= 0.6 is 0 Å². The Morgan fingerprint density at radius 1 is 1.16 bits per heavy atom. The molecule has 0 radical (unpaired) electrons. The lowest BCUT2D eigenvalue weighted by Gasteiger charge is -2.12. The van der Waals surface area contributed by atoms with E-state index in [1.165, 1.54) is 18.2 Å². The highest BCUT2D eigenvalue weighted by molar-refractivity contribution is 7.89. The van der Waals surface area contributed by atoms with Crippen LogP contribution in [0.4, 0.5) is 0 Å². The van der Waals surface area contributed by atoms with E-state index in [-0.39, 0.29) is 16.9 Å². The zero-order valence-electron chi connectivity index (χ0n) is 13.6. The topological polar surface area (TPSA) is 105 Å². The summed E-state index contributed by atoms with van der Waals surface area (Å²) in [6.45, 7) is 2.29. The maximum Gasteiger partial charge on any atom is 0.264 e. The summed E-state index contributed by atoms with van der Waals surface area (Å²) < 4.78 is 35.3. The lowest BCUT2D eigenvalue weighted by Crippen LogP contribution is -2.29. The lowest BCUT2D eigenvalue weighted by molar-refractivity contribution is 0.0981. The lowest BCUT2D eigenvalue weighted by atomic mass is 10.1. The summed E-state index contributed by atoms with van der Waals surface area (Å²) in [6, 6.07) is 13.0. The summed E-state index contributed by atoms with van der Waals surface area (Å²) in [5, 5.41) is 9.30. The van der Waals surface area contributed by atoms with Gasteiger partial charge in [0, 0.05) is 5.56 Å². The van der Waals surface area contributed by atoms with Crippen molar-refractivity contribution in [3.05, 3.63) is 53.6 Å². The zero-order valence-corrected chi connectivity index (χ0v) is 14.5. The summed E-state index contributed by atoms with van der Waals surface area (Å²) in [6.07, 6.45) is 0.873. The quantitative estimate of drug-likeness (QED) is 0.848. The van der Waals surface area contributed by atoms with E-state index in [1.807, 2.05) is 17.7 Å². The first-order chi connectivity index (χ1) is 11.8. The zero-order chi connectivity index (χ0) is 18.4. The van der Waals surface area contributed by atoms with Gasteiger partial charge in [-0.1, -0.05) is 12.1 Å². The maximum absolute atomic E-state index is 11.9.